The summed E-state index contributed by atoms with van der Waals surface area (Å²) in [4.78, 5) is 0. The summed E-state index contributed by atoms with van der Waals surface area (Å²) < 4.78 is 7.30. The molecular formula is C18H18OS2. The summed E-state index contributed by atoms with van der Waals surface area (Å²) in [5.41, 5.74) is 2.67. The molecule has 3 heteroatoms. The van der Waals surface area contributed by atoms with Gasteiger partial charge in [0.25, 0.3) is 0 Å². The van der Waals surface area contributed by atoms with Gasteiger partial charge in [0.2, 0.25) is 0 Å². The van der Waals surface area contributed by atoms with Crippen LogP contribution in [0.5, 0.6) is 11.5 Å². The molecule has 0 saturated carbocycles. The first-order chi connectivity index (χ1) is 10.3. The van der Waals surface area contributed by atoms with E-state index in [9.17, 15) is 0 Å². The Hall–Kier alpha value is -1.32. The molecule has 0 aromatic heterocycles. The molecule has 0 aliphatic carbocycles. The maximum absolute atomic E-state index is 5.83. The largest absolute Gasteiger partial charge is 0.457 e. The number of rotatable bonds is 3. The first-order valence-electron chi connectivity index (χ1n) is 7.13. The van der Waals surface area contributed by atoms with Gasteiger partial charge in [0.1, 0.15) is 11.5 Å². The molecule has 0 bridgehead atoms. The quantitative estimate of drug-likeness (QED) is 0.683. The molecule has 1 fully saturated rings. The van der Waals surface area contributed by atoms with Crippen molar-refractivity contribution >= 4 is 29.1 Å². The Bertz CT molecular complexity index is 609. The summed E-state index contributed by atoms with van der Waals surface area (Å²) in [5.74, 6) is 4.24. The van der Waals surface area contributed by atoms with Crippen molar-refractivity contribution in [1.82, 2.24) is 0 Å². The molecule has 2 aromatic carbocycles. The van der Waals surface area contributed by atoms with Gasteiger partial charge in [0, 0.05) is 4.24 Å². The van der Waals surface area contributed by atoms with Crippen LogP contribution in [0.4, 0.5) is 0 Å². The van der Waals surface area contributed by atoms with E-state index < -0.39 is 0 Å². The van der Waals surface area contributed by atoms with E-state index in [0.29, 0.717) is 0 Å². The lowest BCUT2D eigenvalue weighted by Gasteiger charge is -2.16. The summed E-state index contributed by atoms with van der Waals surface area (Å²) in [7, 11) is 0. The number of ether oxygens (including phenoxy) is 1. The maximum Gasteiger partial charge on any atom is 0.127 e. The van der Waals surface area contributed by atoms with Crippen LogP contribution in [0, 0.1) is 0 Å². The van der Waals surface area contributed by atoms with E-state index in [1.807, 2.05) is 66.0 Å². The van der Waals surface area contributed by atoms with E-state index in [0.717, 1.165) is 11.5 Å². The SMILES string of the molecule is CC(=C1SCCCS1)c1ccc(Oc2ccccc2)cc1. The molecule has 108 valence electrons. The van der Waals surface area contributed by atoms with Gasteiger partial charge in [-0.15, -0.1) is 23.5 Å². The Morgan fingerprint density at radius 3 is 2.14 bits per heavy atom. The molecule has 2 aromatic rings. The number of hydrogen-bond donors (Lipinski definition) is 0. The Labute approximate surface area is 134 Å². The topological polar surface area (TPSA) is 9.23 Å². The lowest BCUT2D eigenvalue weighted by atomic mass is 10.1. The molecule has 3 rings (SSSR count). The summed E-state index contributed by atoms with van der Waals surface area (Å²) in [6, 6.07) is 18.3. The number of thioether (sulfide) groups is 2. The zero-order chi connectivity index (χ0) is 14.5. The van der Waals surface area contributed by atoms with Gasteiger partial charge in [0.15, 0.2) is 0 Å². The Morgan fingerprint density at radius 2 is 1.48 bits per heavy atom. The van der Waals surface area contributed by atoms with Crippen LogP contribution in [0.1, 0.15) is 18.9 Å². The minimum Gasteiger partial charge on any atom is -0.457 e. The van der Waals surface area contributed by atoms with Crippen molar-refractivity contribution in [3.8, 4) is 11.5 Å². The van der Waals surface area contributed by atoms with Crippen molar-refractivity contribution in [2.24, 2.45) is 0 Å². The highest BCUT2D eigenvalue weighted by molar-refractivity contribution is 8.23. The minimum absolute atomic E-state index is 0.874. The van der Waals surface area contributed by atoms with Crippen LogP contribution < -0.4 is 4.74 Å². The van der Waals surface area contributed by atoms with Crippen LogP contribution in [0.25, 0.3) is 5.57 Å². The Balaban J connectivity index is 1.75. The van der Waals surface area contributed by atoms with Crippen molar-refractivity contribution in [1.29, 1.82) is 0 Å². The molecule has 0 unspecified atom stereocenters. The molecule has 0 spiro atoms. The zero-order valence-electron chi connectivity index (χ0n) is 12.0. The lowest BCUT2D eigenvalue weighted by Crippen LogP contribution is -1.94. The van der Waals surface area contributed by atoms with Crippen LogP contribution in [-0.2, 0) is 0 Å². The van der Waals surface area contributed by atoms with Gasteiger partial charge in [-0.25, -0.2) is 0 Å². The average Bonchev–Trinajstić information content (AvgIpc) is 2.57. The molecule has 0 amide bonds. The van der Waals surface area contributed by atoms with E-state index in [2.05, 4.69) is 19.1 Å². The second-order valence-electron chi connectivity index (χ2n) is 4.90. The van der Waals surface area contributed by atoms with Crippen molar-refractivity contribution in [2.45, 2.75) is 13.3 Å². The van der Waals surface area contributed by atoms with Crippen LogP contribution in [0.3, 0.4) is 0 Å². The third-order valence-electron chi connectivity index (χ3n) is 3.33. The molecule has 1 aliphatic heterocycles. The highest BCUT2D eigenvalue weighted by Crippen LogP contribution is 2.40. The van der Waals surface area contributed by atoms with Gasteiger partial charge in [-0.05, 0) is 60.3 Å². The van der Waals surface area contributed by atoms with Gasteiger partial charge in [-0.3, -0.25) is 0 Å². The summed E-state index contributed by atoms with van der Waals surface area (Å²) in [6.07, 6.45) is 1.32. The lowest BCUT2D eigenvalue weighted by molar-refractivity contribution is 0.482. The second-order valence-corrected chi connectivity index (χ2v) is 7.37. The van der Waals surface area contributed by atoms with Gasteiger partial charge < -0.3 is 4.74 Å². The molecule has 1 aliphatic rings. The molecule has 0 N–H and O–H groups in total. The molecule has 0 radical (unpaired) electrons. The smallest absolute Gasteiger partial charge is 0.127 e. The average molecular weight is 314 g/mol. The summed E-state index contributed by atoms with van der Waals surface area (Å²) in [6.45, 7) is 2.22. The van der Waals surface area contributed by atoms with Gasteiger partial charge in [-0.2, -0.15) is 0 Å². The van der Waals surface area contributed by atoms with Crippen LogP contribution in [0.2, 0.25) is 0 Å². The van der Waals surface area contributed by atoms with Gasteiger partial charge in [-0.1, -0.05) is 30.3 Å². The third kappa shape index (κ3) is 3.86. The summed E-state index contributed by atoms with van der Waals surface area (Å²) >= 11 is 3.97. The van der Waals surface area contributed by atoms with Gasteiger partial charge >= 0.3 is 0 Å². The first kappa shape index (κ1) is 14.6. The monoisotopic (exact) mass is 314 g/mol. The molecule has 1 heterocycles. The first-order valence-corrected chi connectivity index (χ1v) is 9.10. The van der Waals surface area contributed by atoms with E-state index in [1.54, 1.807) is 0 Å². The maximum atomic E-state index is 5.83. The molecule has 1 saturated heterocycles. The number of benzene rings is 2. The zero-order valence-corrected chi connectivity index (χ0v) is 13.7. The van der Waals surface area contributed by atoms with Crippen molar-refractivity contribution < 1.29 is 4.74 Å². The fourth-order valence-corrected chi connectivity index (χ4v) is 4.80. The molecule has 21 heavy (non-hydrogen) atoms. The van der Waals surface area contributed by atoms with E-state index in [1.165, 1.54) is 33.3 Å². The second kappa shape index (κ2) is 7.10. The van der Waals surface area contributed by atoms with E-state index in [-0.39, 0.29) is 0 Å². The standard InChI is InChI=1S/C18H18OS2/c1-14(18-20-12-5-13-21-18)15-8-10-17(11-9-15)19-16-6-3-2-4-7-16/h2-4,6-11H,5,12-13H2,1H3. The van der Waals surface area contributed by atoms with Crippen LogP contribution in [-0.4, -0.2) is 11.5 Å². The van der Waals surface area contributed by atoms with Crippen LogP contribution in [0.15, 0.2) is 58.8 Å². The number of para-hydroxylation sites is 1. The number of hydrogen-bond acceptors (Lipinski definition) is 3. The van der Waals surface area contributed by atoms with Crippen LogP contribution >= 0.6 is 23.5 Å². The minimum atomic E-state index is 0.874. The van der Waals surface area contributed by atoms with E-state index >= 15 is 0 Å². The van der Waals surface area contributed by atoms with Crippen molar-refractivity contribution in [2.75, 3.05) is 11.5 Å². The van der Waals surface area contributed by atoms with Crippen molar-refractivity contribution in [3.63, 3.8) is 0 Å². The highest BCUT2D eigenvalue weighted by atomic mass is 32.2. The predicted molar refractivity (Wildman–Crippen MR) is 95.1 cm³/mol. The Morgan fingerprint density at radius 1 is 0.857 bits per heavy atom. The van der Waals surface area contributed by atoms with Gasteiger partial charge in [0.05, 0.1) is 0 Å². The number of allylic oxidation sites excluding steroid dienone is 1. The van der Waals surface area contributed by atoms with E-state index in [4.69, 9.17) is 4.74 Å². The normalized spacial score (nSPS) is 14.8. The predicted octanol–water partition coefficient (Wildman–Crippen LogP) is 6.04. The Kier molecular flexibility index (Phi) is 4.94. The molecule has 1 nitrogen and oxygen atoms in total. The fraction of sp³-hybridized carbons (Fsp3) is 0.222. The molecular weight excluding hydrogens is 296 g/mol. The highest BCUT2D eigenvalue weighted by Gasteiger charge is 2.11. The third-order valence-corrected chi connectivity index (χ3v) is 6.16. The summed E-state index contributed by atoms with van der Waals surface area (Å²) in [5, 5.41) is 0. The van der Waals surface area contributed by atoms with Crippen molar-refractivity contribution in [3.05, 3.63) is 64.4 Å². The molecule has 0 atom stereocenters. The fourth-order valence-electron chi connectivity index (χ4n) is 2.16.